The van der Waals surface area contributed by atoms with Crippen LogP contribution in [0, 0.1) is 21.4 Å². The highest BCUT2D eigenvalue weighted by Crippen LogP contribution is 2.30. The lowest BCUT2D eigenvalue weighted by molar-refractivity contribution is -0.384. The van der Waals surface area contributed by atoms with Crippen molar-refractivity contribution >= 4 is 5.69 Å². The Morgan fingerprint density at radius 2 is 1.89 bits per heavy atom. The molecule has 4 nitrogen and oxygen atoms in total. The van der Waals surface area contributed by atoms with Crippen LogP contribution in [-0.4, -0.2) is 4.92 Å². The Balaban J connectivity index is 2.55. The summed E-state index contributed by atoms with van der Waals surface area (Å²) in [7, 11) is 0. The average Bonchev–Trinajstić information content (AvgIpc) is 2.40. The molecule has 0 heterocycles. The molecule has 0 amide bonds. The minimum absolute atomic E-state index is 0.0361. The van der Waals surface area contributed by atoms with Crippen LogP contribution in [0.1, 0.15) is 5.56 Å². The molecule has 0 fully saturated rings. The third-order valence-corrected chi connectivity index (χ3v) is 2.63. The number of benzene rings is 2. The van der Waals surface area contributed by atoms with Gasteiger partial charge in [0, 0.05) is 6.07 Å². The van der Waals surface area contributed by atoms with Crippen LogP contribution >= 0.6 is 0 Å². The lowest BCUT2D eigenvalue weighted by Gasteiger charge is -2.04. The van der Waals surface area contributed by atoms with Gasteiger partial charge in [-0.05, 0) is 17.2 Å². The molecule has 0 unspecified atom stereocenters. The van der Waals surface area contributed by atoms with Gasteiger partial charge in [-0.3, -0.25) is 10.1 Å². The van der Waals surface area contributed by atoms with Crippen molar-refractivity contribution in [1.82, 2.24) is 0 Å². The number of nitro groups is 1. The molecular formula is C14H10N2O2. The molecule has 18 heavy (non-hydrogen) atoms. The Hall–Kier alpha value is -2.67. The van der Waals surface area contributed by atoms with Crippen molar-refractivity contribution in [3.8, 4) is 17.2 Å². The van der Waals surface area contributed by atoms with E-state index in [2.05, 4.69) is 0 Å². The highest BCUT2D eigenvalue weighted by Gasteiger charge is 2.15. The van der Waals surface area contributed by atoms with Crippen molar-refractivity contribution in [3.05, 3.63) is 64.2 Å². The second-order valence-electron chi connectivity index (χ2n) is 3.81. The Morgan fingerprint density at radius 1 is 1.17 bits per heavy atom. The number of hydrogen-bond acceptors (Lipinski definition) is 3. The molecule has 2 aromatic carbocycles. The summed E-state index contributed by atoms with van der Waals surface area (Å²) in [4.78, 5) is 10.7. The summed E-state index contributed by atoms with van der Waals surface area (Å²) >= 11 is 0. The van der Waals surface area contributed by atoms with E-state index in [4.69, 9.17) is 5.26 Å². The normalized spacial score (nSPS) is 9.72. The first-order valence-corrected chi connectivity index (χ1v) is 5.42. The highest BCUT2D eigenvalue weighted by atomic mass is 16.6. The fourth-order valence-corrected chi connectivity index (χ4v) is 1.79. The molecule has 4 heteroatoms. The van der Waals surface area contributed by atoms with Gasteiger partial charge in [0.2, 0.25) is 0 Å². The van der Waals surface area contributed by atoms with E-state index in [1.165, 1.54) is 6.07 Å². The topological polar surface area (TPSA) is 66.9 Å². The van der Waals surface area contributed by atoms with Crippen molar-refractivity contribution < 1.29 is 4.92 Å². The Labute approximate surface area is 104 Å². The lowest BCUT2D eigenvalue weighted by atomic mass is 10.0. The summed E-state index contributed by atoms with van der Waals surface area (Å²) < 4.78 is 0. The molecule has 0 aliphatic rings. The first-order valence-electron chi connectivity index (χ1n) is 5.42. The maximum absolute atomic E-state index is 11.1. The standard InChI is InChI=1S/C14H10N2O2/c15-9-8-11-6-7-13(14(10-11)16(17)18)12-4-2-1-3-5-12/h1-7,10H,8H2. The van der Waals surface area contributed by atoms with Gasteiger partial charge in [0.1, 0.15) is 0 Å². The average molecular weight is 238 g/mol. The van der Waals surface area contributed by atoms with E-state index in [0.29, 0.717) is 11.1 Å². The van der Waals surface area contributed by atoms with Gasteiger partial charge >= 0.3 is 0 Å². The molecule has 0 radical (unpaired) electrons. The minimum Gasteiger partial charge on any atom is -0.258 e. The SMILES string of the molecule is N#CCc1ccc(-c2ccccc2)c([N+](=O)[O-])c1. The molecule has 0 aliphatic carbocycles. The zero-order valence-electron chi connectivity index (χ0n) is 9.54. The Kier molecular flexibility index (Phi) is 3.35. The molecular weight excluding hydrogens is 228 g/mol. The molecule has 88 valence electrons. The predicted octanol–water partition coefficient (Wildman–Crippen LogP) is 3.33. The number of nitro benzene ring substituents is 1. The molecule has 0 spiro atoms. The van der Waals surface area contributed by atoms with Gasteiger partial charge in [0.05, 0.1) is 23.0 Å². The molecule has 2 rings (SSSR count). The molecule has 2 aromatic rings. The highest BCUT2D eigenvalue weighted by molar-refractivity contribution is 5.73. The molecule has 0 saturated heterocycles. The lowest BCUT2D eigenvalue weighted by Crippen LogP contribution is -1.94. The van der Waals surface area contributed by atoms with Crippen molar-refractivity contribution in [2.24, 2.45) is 0 Å². The summed E-state index contributed by atoms with van der Waals surface area (Å²) in [5.74, 6) is 0. The van der Waals surface area contributed by atoms with E-state index in [1.807, 2.05) is 36.4 Å². The van der Waals surface area contributed by atoms with Gasteiger partial charge in [-0.15, -0.1) is 0 Å². The quantitative estimate of drug-likeness (QED) is 0.608. The van der Waals surface area contributed by atoms with Crippen LogP contribution in [0.25, 0.3) is 11.1 Å². The second kappa shape index (κ2) is 5.11. The van der Waals surface area contributed by atoms with Crippen LogP contribution in [0.5, 0.6) is 0 Å². The zero-order chi connectivity index (χ0) is 13.0. The van der Waals surface area contributed by atoms with E-state index < -0.39 is 4.92 Å². The van der Waals surface area contributed by atoms with Crippen LogP contribution in [-0.2, 0) is 6.42 Å². The van der Waals surface area contributed by atoms with Crippen molar-refractivity contribution in [1.29, 1.82) is 5.26 Å². The van der Waals surface area contributed by atoms with E-state index in [0.717, 1.165) is 5.56 Å². The fourth-order valence-electron chi connectivity index (χ4n) is 1.79. The van der Waals surface area contributed by atoms with Gasteiger partial charge in [-0.25, -0.2) is 0 Å². The largest absolute Gasteiger partial charge is 0.277 e. The van der Waals surface area contributed by atoms with Crippen LogP contribution in [0.15, 0.2) is 48.5 Å². The molecule has 0 aromatic heterocycles. The molecule has 0 saturated carbocycles. The van der Waals surface area contributed by atoms with Crippen molar-refractivity contribution in [2.45, 2.75) is 6.42 Å². The number of rotatable bonds is 3. The zero-order valence-corrected chi connectivity index (χ0v) is 9.54. The van der Waals surface area contributed by atoms with Crippen molar-refractivity contribution in [2.75, 3.05) is 0 Å². The van der Waals surface area contributed by atoms with Gasteiger partial charge in [-0.2, -0.15) is 5.26 Å². The van der Waals surface area contributed by atoms with Gasteiger partial charge in [0.25, 0.3) is 5.69 Å². The van der Waals surface area contributed by atoms with Crippen molar-refractivity contribution in [3.63, 3.8) is 0 Å². The van der Waals surface area contributed by atoms with Crippen LogP contribution in [0.3, 0.4) is 0 Å². The van der Waals surface area contributed by atoms with Gasteiger partial charge < -0.3 is 0 Å². The van der Waals surface area contributed by atoms with Gasteiger partial charge in [0.15, 0.2) is 0 Å². The molecule has 0 atom stereocenters. The Morgan fingerprint density at radius 3 is 2.50 bits per heavy atom. The molecule has 0 N–H and O–H groups in total. The monoisotopic (exact) mass is 238 g/mol. The maximum Gasteiger partial charge on any atom is 0.277 e. The Bertz CT molecular complexity index is 615. The minimum atomic E-state index is -0.413. The third kappa shape index (κ3) is 2.36. The maximum atomic E-state index is 11.1. The summed E-state index contributed by atoms with van der Waals surface area (Å²) in [6.45, 7) is 0. The van der Waals surface area contributed by atoms with E-state index in [9.17, 15) is 10.1 Å². The third-order valence-electron chi connectivity index (χ3n) is 2.63. The first kappa shape index (κ1) is 11.8. The molecule has 0 bridgehead atoms. The van der Waals surface area contributed by atoms with E-state index >= 15 is 0 Å². The predicted molar refractivity (Wildman–Crippen MR) is 67.8 cm³/mol. The van der Waals surface area contributed by atoms with Crippen LogP contribution < -0.4 is 0 Å². The summed E-state index contributed by atoms with van der Waals surface area (Å²) in [6, 6.07) is 16.1. The summed E-state index contributed by atoms with van der Waals surface area (Å²) in [5, 5.41) is 19.7. The number of hydrogen-bond donors (Lipinski definition) is 0. The summed E-state index contributed by atoms with van der Waals surface area (Å²) in [6.07, 6.45) is 0.176. The van der Waals surface area contributed by atoms with Crippen LogP contribution in [0.2, 0.25) is 0 Å². The van der Waals surface area contributed by atoms with E-state index in [-0.39, 0.29) is 12.1 Å². The summed E-state index contributed by atoms with van der Waals surface area (Å²) in [5.41, 5.74) is 2.06. The first-order chi connectivity index (χ1) is 8.72. The fraction of sp³-hybridized carbons (Fsp3) is 0.0714. The smallest absolute Gasteiger partial charge is 0.258 e. The van der Waals surface area contributed by atoms with Gasteiger partial charge in [-0.1, -0.05) is 36.4 Å². The molecule has 0 aliphatic heterocycles. The number of nitriles is 1. The number of nitrogens with zero attached hydrogens (tertiary/aromatic N) is 2. The van der Waals surface area contributed by atoms with Crippen LogP contribution in [0.4, 0.5) is 5.69 Å². The van der Waals surface area contributed by atoms with E-state index in [1.54, 1.807) is 12.1 Å². The second-order valence-corrected chi connectivity index (χ2v) is 3.81.